The minimum absolute atomic E-state index is 0.623. The Morgan fingerprint density at radius 2 is 2.12 bits per heavy atom. The fourth-order valence-corrected chi connectivity index (χ4v) is 1.73. The highest BCUT2D eigenvalue weighted by Crippen LogP contribution is 2.31. The molecule has 0 aliphatic heterocycles. The highest BCUT2D eigenvalue weighted by atomic mass is 16.5. The smallest absolute Gasteiger partial charge is 0.161 e. The van der Waals surface area contributed by atoms with Gasteiger partial charge in [-0.2, -0.15) is 0 Å². The molecule has 0 radical (unpaired) electrons. The molecule has 0 N–H and O–H groups in total. The molecule has 0 saturated heterocycles. The number of ether oxygens (including phenoxy) is 2. The standard InChI is InChI=1S/C13H16N2O2/c1-4-17-11-6-5-10(9-12(11)16-3)13-14-7-8-15(13)2/h5-9H,4H2,1-3H3. The van der Waals surface area contributed by atoms with Crippen molar-refractivity contribution in [2.45, 2.75) is 6.92 Å². The monoisotopic (exact) mass is 232 g/mol. The van der Waals surface area contributed by atoms with Crippen molar-refractivity contribution in [1.29, 1.82) is 0 Å². The molecule has 0 aliphatic rings. The molecule has 1 aromatic heterocycles. The van der Waals surface area contributed by atoms with Crippen molar-refractivity contribution in [3.63, 3.8) is 0 Å². The SMILES string of the molecule is CCOc1ccc(-c2nccn2C)cc1OC. The van der Waals surface area contributed by atoms with E-state index in [9.17, 15) is 0 Å². The van der Waals surface area contributed by atoms with Crippen LogP contribution in [-0.2, 0) is 7.05 Å². The average molecular weight is 232 g/mol. The molecule has 0 aliphatic carbocycles. The normalized spacial score (nSPS) is 10.3. The van der Waals surface area contributed by atoms with Crippen molar-refractivity contribution in [2.24, 2.45) is 7.05 Å². The minimum atomic E-state index is 0.623. The molecule has 1 heterocycles. The largest absolute Gasteiger partial charge is 0.493 e. The first-order valence-corrected chi connectivity index (χ1v) is 5.54. The summed E-state index contributed by atoms with van der Waals surface area (Å²) in [6.07, 6.45) is 3.69. The van der Waals surface area contributed by atoms with E-state index >= 15 is 0 Å². The molecule has 2 rings (SSSR count). The second kappa shape index (κ2) is 4.91. The molecule has 0 atom stereocenters. The number of rotatable bonds is 4. The Kier molecular flexibility index (Phi) is 3.32. The van der Waals surface area contributed by atoms with E-state index in [0.29, 0.717) is 6.61 Å². The molecule has 0 amide bonds. The van der Waals surface area contributed by atoms with Gasteiger partial charge in [-0.25, -0.2) is 4.98 Å². The zero-order chi connectivity index (χ0) is 12.3. The van der Waals surface area contributed by atoms with Gasteiger partial charge in [-0.15, -0.1) is 0 Å². The molecule has 4 heteroatoms. The Balaban J connectivity index is 2.41. The maximum Gasteiger partial charge on any atom is 0.161 e. The van der Waals surface area contributed by atoms with Gasteiger partial charge in [0.1, 0.15) is 5.82 Å². The van der Waals surface area contributed by atoms with Crippen LogP contribution < -0.4 is 9.47 Å². The van der Waals surface area contributed by atoms with Crippen LogP contribution in [0.1, 0.15) is 6.92 Å². The van der Waals surface area contributed by atoms with Gasteiger partial charge in [-0.1, -0.05) is 0 Å². The molecule has 0 bridgehead atoms. The Hall–Kier alpha value is -1.97. The van der Waals surface area contributed by atoms with Gasteiger partial charge in [-0.05, 0) is 25.1 Å². The average Bonchev–Trinajstić information content (AvgIpc) is 2.76. The van der Waals surface area contributed by atoms with Crippen LogP contribution in [0.25, 0.3) is 11.4 Å². The minimum Gasteiger partial charge on any atom is -0.493 e. The van der Waals surface area contributed by atoms with Gasteiger partial charge in [-0.3, -0.25) is 0 Å². The molecule has 1 aromatic carbocycles. The van der Waals surface area contributed by atoms with Crippen molar-refractivity contribution in [2.75, 3.05) is 13.7 Å². The molecule has 0 unspecified atom stereocenters. The van der Waals surface area contributed by atoms with E-state index in [1.165, 1.54) is 0 Å². The Labute approximate surface area is 101 Å². The fourth-order valence-electron chi connectivity index (χ4n) is 1.73. The summed E-state index contributed by atoms with van der Waals surface area (Å²) in [5, 5.41) is 0. The first-order chi connectivity index (χ1) is 8.26. The van der Waals surface area contributed by atoms with E-state index in [2.05, 4.69) is 4.98 Å². The maximum atomic E-state index is 5.48. The van der Waals surface area contributed by atoms with Crippen LogP contribution >= 0.6 is 0 Å². The van der Waals surface area contributed by atoms with Crippen LogP contribution in [-0.4, -0.2) is 23.3 Å². The molecule has 90 valence electrons. The second-order valence-corrected chi connectivity index (χ2v) is 3.66. The van der Waals surface area contributed by atoms with Crippen molar-refractivity contribution >= 4 is 0 Å². The zero-order valence-corrected chi connectivity index (χ0v) is 10.3. The van der Waals surface area contributed by atoms with Crippen molar-refractivity contribution in [1.82, 2.24) is 9.55 Å². The third kappa shape index (κ3) is 2.25. The van der Waals surface area contributed by atoms with Crippen molar-refractivity contribution in [3.8, 4) is 22.9 Å². The van der Waals surface area contributed by atoms with Crippen LogP contribution in [0.15, 0.2) is 30.6 Å². The quantitative estimate of drug-likeness (QED) is 0.812. The lowest BCUT2D eigenvalue weighted by Gasteiger charge is -2.10. The van der Waals surface area contributed by atoms with Gasteiger partial charge < -0.3 is 14.0 Å². The predicted molar refractivity (Wildman–Crippen MR) is 66.4 cm³/mol. The number of methoxy groups -OCH3 is 1. The summed E-state index contributed by atoms with van der Waals surface area (Å²) in [5.74, 6) is 2.40. The first-order valence-electron chi connectivity index (χ1n) is 5.54. The fraction of sp³-hybridized carbons (Fsp3) is 0.308. The number of nitrogens with zero attached hydrogens (tertiary/aromatic N) is 2. The van der Waals surface area contributed by atoms with Gasteiger partial charge in [0.05, 0.1) is 13.7 Å². The van der Waals surface area contributed by atoms with Gasteiger partial charge in [0, 0.05) is 25.0 Å². The summed E-state index contributed by atoms with van der Waals surface area (Å²) >= 11 is 0. The van der Waals surface area contributed by atoms with E-state index in [1.807, 2.05) is 42.9 Å². The lowest BCUT2D eigenvalue weighted by Crippen LogP contribution is -1.97. The summed E-state index contributed by atoms with van der Waals surface area (Å²) in [6.45, 7) is 2.57. The molecule has 2 aromatic rings. The number of aryl methyl sites for hydroxylation is 1. The summed E-state index contributed by atoms with van der Waals surface area (Å²) in [7, 11) is 3.60. The Bertz CT molecular complexity index is 506. The van der Waals surface area contributed by atoms with Crippen LogP contribution in [0, 0.1) is 0 Å². The lowest BCUT2D eigenvalue weighted by molar-refractivity contribution is 0.311. The summed E-state index contributed by atoms with van der Waals surface area (Å²) in [4.78, 5) is 4.30. The third-order valence-electron chi connectivity index (χ3n) is 2.54. The highest BCUT2D eigenvalue weighted by molar-refractivity contribution is 5.61. The summed E-state index contributed by atoms with van der Waals surface area (Å²) in [5.41, 5.74) is 1.01. The third-order valence-corrected chi connectivity index (χ3v) is 2.54. The van der Waals surface area contributed by atoms with E-state index in [0.717, 1.165) is 22.9 Å². The molecular weight excluding hydrogens is 216 g/mol. The van der Waals surface area contributed by atoms with Crippen LogP contribution in [0.5, 0.6) is 11.5 Å². The summed E-state index contributed by atoms with van der Waals surface area (Å²) in [6, 6.07) is 5.83. The predicted octanol–water partition coefficient (Wildman–Crippen LogP) is 2.49. The van der Waals surface area contributed by atoms with Gasteiger partial charge in [0.2, 0.25) is 0 Å². The zero-order valence-electron chi connectivity index (χ0n) is 10.3. The van der Waals surface area contributed by atoms with Crippen LogP contribution in [0.2, 0.25) is 0 Å². The molecule has 0 fully saturated rings. The molecular formula is C13H16N2O2. The van der Waals surface area contributed by atoms with Gasteiger partial charge >= 0.3 is 0 Å². The Morgan fingerprint density at radius 1 is 1.29 bits per heavy atom. The van der Waals surface area contributed by atoms with Crippen molar-refractivity contribution < 1.29 is 9.47 Å². The van der Waals surface area contributed by atoms with E-state index < -0.39 is 0 Å². The van der Waals surface area contributed by atoms with Crippen LogP contribution in [0.4, 0.5) is 0 Å². The Morgan fingerprint density at radius 3 is 2.71 bits per heavy atom. The summed E-state index contributed by atoms with van der Waals surface area (Å²) < 4.78 is 12.8. The van der Waals surface area contributed by atoms with E-state index in [4.69, 9.17) is 9.47 Å². The van der Waals surface area contributed by atoms with Gasteiger partial charge in [0.25, 0.3) is 0 Å². The highest BCUT2D eigenvalue weighted by Gasteiger charge is 2.09. The van der Waals surface area contributed by atoms with Crippen molar-refractivity contribution in [3.05, 3.63) is 30.6 Å². The topological polar surface area (TPSA) is 36.3 Å². The molecule has 0 spiro atoms. The van der Waals surface area contributed by atoms with Crippen LogP contribution in [0.3, 0.4) is 0 Å². The molecule has 4 nitrogen and oxygen atoms in total. The van der Waals surface area contributed by atoms with E-state index in [1.54, 1.807) is 13.3 Å². The maximum absolute atomic E-state index is 5.48. The number of hydrogen-bond acceptors (Lipinski definition) is 3. The molecule has 17 heavy (non-hydrogen) atoms. The first kappa shape index (κ1) is 11.5. The number of hydrogen-bond donors (Lipinski definition) is 0. The number of imidazole rings is 1. The lowest BCUT2D eigenvalue weighted by atomic mass is 10.2. The number of aromatic nitrogens is 2. The van der Waals surface area contributed by atoms with E-state index in [-0.39, 0.29) is 0 Å². The number of benzene rings is 1. The second-order valence-electron chi connectivity index (χ2n) is 3.66. The molecule has 0 saturated carbocycles. The van der Waals surface area contributed by atoms with Gasteiger partial charge in [0.15, 0.2) is 11.5 Å².